The molecule has 0 fully saturated rings. The number of hydrogen-bond acceptors (Lipinski definition) is 5. The van der Waals surface area contributed by atoms with Gasteiger partial charge in [0.25, 0.3) is 5.56 Å². The average Bonchev–Trinajstić information content (AvgIpc) is 2.57. The van der Waals surface area contributed by atoms with Gasteiger partial charge in [-0.1, -0.05) is 6.07 Å². The fourth-order valence-electron chi connectivity index (χ4n) is 2.72. The molecular weight excluding hydrogens is 338 g/mol. The van der Waals surface area contributed by atoms with Gasteiger partial charge < -0.3 is 17.8 Å². The predicted octanol–water partition coefficient (Wildman–Crippen LogP) is 2.94. The number of unbranched alkanes of at least 4 members (excludes halogenated alkanes) is 1. The molecule has 0 spiro atoms. The Kier molecular flexibility index (Phi) is 9.88. The Morgan fingerprint density at radius 1 is 1.08 bits per heavy atom. The summed E-state index contributed by atoms with van der Waals surface area (Å²) >= 11 is 0. The first-order valence-corrected chi connectivity index (χ1v) is 11.0. The third-order valence-corrected chi connectivity index (χ3v) is 6.99. The minimum absolute atomic E-state index is 0.0594. The molecule has 0 aliphatic rings. The normalized spacial score (nSPS) is 11.7. The fourth-order valence-corrected chi connectivity index (χ4v) is 5.40. The Balaban J connectivity index is 2.48. The van der Waals surface area contributed by atoms with Crippen LogP contribution in [0.15, 0.2) is 23.1 Å². The van der Waals surface area contributed by atoms with Gasteiger partial charge in [-0.05, 0) is 46.6 Å². The van der Waals surface area contributed by atoms with E-state index in [4.69, 9.17) is 13.3 Å². The zero-order valence-electron chi connectivity index (χ0n) is 15.9. The second-order valence-electron chi connectivity index (χ2n) is 5.85. The van der Waals surface area contributed by atoms with Gasteiger partial charge in [0, 0.05) is 44.0 Å². The number of aryl methyl sites for hydroxylation is 1. The summed E-state index contributed by atoms with van der Waals surface area (Å²) in [5, 5.41) is 0. The van der Waals surface area contributed by atoms with Gasteiger partial charge in [-0.2, -0.15) is 0 Å². The van der Waals surface area contributed by atoms with Crippen LogP contribution in [0, 0.1) is 6.92 Å². The third-order valence-electron chi connectivity index (χ3n) is 3.84. The van der Waals surface area contributed by atoms with E-state index in [9.17, 15) is 9.59 Å². The third kappa shape index (κ3) is 7.23. The summed E-state index contributed by atoms with van der Waals surface area (Å²) in [6.45, 7) is 9.35. The minimum Gasteiger partial charge on any atom is -0.374 e. The molecule has 0 N–H and O–H groups in total. The van der Waals surface area contributed by atoms with E-state index in [1.807, 2.05) is 20.8 Å². The number of ketones is 1. The fraction of sp³-hybridized carbons (Fsp3) is 0.667. The monoisotopic (exact) mass is 369 g/mol. The highest BCUT2D eigenvalue weighted by atomic mass is 28.4. The number of rotatable bonds is 13. The zero-order valence-corrected chi connectivity index (χ0v) is 16.9. The second kappa shape index (κ2) is 11.4. The summed E-state index contributed by atoms with van der Waals surface area (Å²) < 4.78 is 18.9. The van der Waals surface area contributed by atoms with Crippen molar-refractivity contribution in [2.24, 2.45) is 0 Å². The lowest BCUT2D eigenvalue weighted by Crippen LogP contribution is -2.45. The number of carbonyl (C=O) groups is 1. The quantitative estimate of drug-likeness (QED) is 0.395. The largest absolute Gasteiger partial charge is 0.500 e. The molecule has 25 heavy (non-hydrogen) atoms. The molecule has 142 valence electrons. The molecule has 0 aliphatic heterocycles. The Hall–Kier alpha value is -1.28. The van der Waals surface area contributed by atoms with Crippen molar-refractivity contribution in [3.63, 3.8) is 0 Å². The lowest BCUT2D eigenvalue weighted by atomic mass is 10.2. The van der Waals surface area contributed by atoms with Crippen molar-refractivity contribution < 1.29 is 18.1 Å². The average molecular weight is 370 g/mol. The highest BCUT2D eigenvalue weighted by molar-refractivity contribution is 6.60. The van der Waals surface area contributed by atoms with E-state index >= 15 is 0 Å². The van der Waals surface area contributed by atoms with Gasteiger partial charge in [0.05, 0.1) is 6.54 Å². The van der Waals surface area contributed by atoms with Crippen LogP contribution in [-0.4, -0.2) is 39.0 Å². The molecule has 6 nitrogen and oxygen atoms in total. The molecule has 1 aromatic rings. The van der Waals surface area contributed by atoms with Crippen LogP contribution >= 0.6 is 0 Å². The molecule has 0 aromatic carbocycles. The lowest BCUT2D eigenvalue weighted by molar-refractivity contribution is -0.119. The molecule has 0 radical (unpaired) electrons. The van der Waals surface area contributed by atoms with E-state index in [2.05, 4.69) is 0 Å². The molecule has 0 saturated heterocycles. The van der Waals surface area contributed by atoms with Crippen LogP contribution in [0.3, 0.4) is 0 Å². The molecule has 0 unspecified atom stereocenters. The van der Waals surface area contributed by atoms with Crippen LogP contribution in [0.1, 0.15) is 45.6 Å². The van der Waals surface area contributed by atoms with E-state index in [1.54, 1.807) is 25.3 Å². The molecule has 0 aliphatic carbocycles. The minimum atomic E-state index is -2.62. The van der Waals surface area contributed by atoms with Crippen molar-refractivity contribution in [1.82, 2.24) is 4.57 Å². The molecule has 1 heterocycles. The van der Waals surface area contributed by atoms with E-state index in [0.29, 0.717) is 37.8 Å². The van der Waals surface area contributed by atoms with Gasteiger partial charge in [-0.15, -0.1) is 0 Å². The van der Waals surface area contributed by atoms with Crippen molar-refractivity contribution in [3.8, 4) is 0 Å². The Morgan fingerprint density at radius 2 is 1.68 bits per heavy atom. The van der Waals surface area contributed by atoms with Crippen LogP contribution in [0.5, 0.6) is 0 Å². The second-order valence-corrected chi connectivity index (χ2v) is 8.58. The van der Waals surface area contributed by atoms with Crippen LogP contribution in [-0.2, 0) is 24.6 Å². The molecular formula is C18H31NO5Si. The summed E-state index contributed by atoms with van der Waals surface area (Å²) in [7, 11) is -2.62. The van der Waals surface area contributed by atoms with Crippen LogP contribution in [0.25, 0.3) is 0 Å². The Morgan fingerprint density at radius 3 is 2.24 bits per heavy atom. The van der Waals surface area contributed by atoms with Crippen molar-refractivity contribution >= 4 is 14.6 Å². The Labute approximate surface area is 151 Å². The van der Waals surface area contributed by atoms with E-state index in [0.717, 1.165) is 12.8 Å². The topological polar surface area (TPSA) is 66.8 Å². The summed E-state index contributed by atoms with van der Waals surface area (Å²) in [5.74, 6) is 0.0594. The van der Waals surface area contributed by atoms with Crippen molar-refractivity contribution in [1.29, 1.82) is 0 Å². The summed E-state index contributed by atoms with van der Waals surface area (Å²) in [6.07, 6.45) is 3.64. The van der Waals surface area contributed by atoms with Gasteiger partial charge in [0.2, 0.25) is 0 Å². The van der Waals surface area contributed by atoms with Crippen molar-refractivity contribution in [2.45, 2.75) is 59.5 Å². The molecule has 0 bridgehead atoms. The van der Waals surface area contributed by atoms with Crippen LogP contribution in [0.4, 0.5) is 0 Å². The standard InChI is InChI=1S/C18H31NO5Si/c1-5-22-25(23-6-2,24-7-3)14-9-8-12-17(20)15-19-13-10-11-16(4)18(19)21/h10-11,13H,5-9,12,14-15H2,1-4H3. The highest BCUT2D eigenvalue weighted by Crippen LogP contribution is 2.20. The van der Waals surface area contributed by atoms with Crippen molar-refractivity contribution in [2.75, 3.05) is 19.8 Å². The zero-order chi connectivity index (χ0) is 18.7. The van der Waals surface area contributed by atoms with Gasteiger partial charge in [0.15, 0.2) is 5.78 Å². The maximum Gasteiger partial charge on any atom is 0.500 e. The Bertz CT molecular complexity index is 570. The number of aromatic nitrogens is 1. The number of nitrogens with zero attached hydrogens (tertiary/aromatic N) is 1. The van der Waals surface area contributed by atoms with Gasteiger partial charge in [-0.25, -0.2) is 0 Å². The lowest BCUT2D eigenvalue weighted by Gasteiger charge is -2.28. The molecule has 1 aromatic heterocycles. The molecule has 1 rings (SSSR count). The number of hydrogen-bond donors (Lipinski definition) is 0. The summed E-state index contributed by atoms with van der Waals surface area (Å²) in [4.78, 5) is 24.1. The first-order chi connectivity index (χ1) is 12.0. The molecule has 7 heteroatoms. The molecule has 0 amide bonds. The van der Waals surface area contributed by atoms with Crippen molar-refractivity contribution in [3.05, 3.63) is 34.2 Å². The molecule has 0 atom stereocenters. The number of carbonyl (C=O) groups excluding carboxylic acids is 1. The maximum absolute atomic E-state index is 12.1. The maximum atomic E-state index is 12.1. The smallest absolute Gasteiger partial charge is 0.374 e. The highest BCUT2D eigenvalue weighted by Gasteiger charge is 2.39. The van der Waals surface area contributed by atoms with E-state index in [1.165, 1.54) is 4.57 Å². The summed E-state index contributed by atoms with van der Waals surface area (Å²) in [6, 6.07) is 4.25. The van der Waals surface area contributed by atoms with E-state index < -0.39 is 8.80 Å². The SMILES string of the molecule is CCO[Si](CCCCC(=O)Cn1cccc(C)c1=O)(OCC)OCC. The summed E-state index contributed by atoms with van der Waals surface area (Å²) in [5.41, 5.74) is 0.544. The first-order valence-electron chi connectivity index (χ1n) is 9.07. The van der Waals surface area contributed by atoms with Gasteiger partial charge >= 0.3 is 8.80 Å². The predicted molar refractivity (Wildman–Crippen MR) is 99.7 cm³/mol. The number of Topliss-reactive ketones (excluding diaryl/α,β-unsaturated/α-hetero) is 1. The molecule has 0 saturated carbocycles. The van der Waals surface area contributed by atoms with E-state index in [-0.39, 0.29) is 17.9 Å². The van der Waals surface area contributed by atoms with Gasteiger partial charge in [-0.3, -0.25) is 9.59 Å². The van der Waals surface area contributed by atoms with Crippen LogP contribution < -0.4 is 5.56 Å². The van der Waals surface area contributed by atoms with Gasteiger partial charge in [0.1, 0.15) is 0 Å². The number of pyridine rings is 1. The first kappa shape index (κ1) is 21.8. The van der Waals surface area contributed by atoms with Crippen LogP contribution in [0.2, 0.25) is 6.04 Å².